The van der Waals surface area contributed by atoms with Crippen molar-refractivity contribution in [2.75, 3.05) is 7.11 Å². The maximum atomic E-state index is 14.0. The number of sulfonamides is 1. The number of aryl methyl sites for hydroxylation is 1. The molecule has 0 saturated heterocycles. The number of benzene rings is 2. The molecular formula is C17H15FN2O4S. The number of methoxy groups -OCH3 is 1. The summed E-state index contributed by atoms with van der Waals surface area (Å²) >= 11 is 0. The van der Waals surface area contributed by atoms with Gasteiger partial charge in [-0.15, -0.1) is 0 Å². The van der Waals surface area contributed by atoms with E-state index in [0.717, 1.165) is 0 Å². The van der Waals surface area contributed by atoms with E-state index in [1.807, 2.05) is 0 Å². The highest BCUT2D eigenvalue weighted by molar-refractivity contribution is 7.89. The van der Waals surface area contributed by atoms with Crippen LogP contribution in [-0.4, -0.2) is 20.7 Å². The summed E-state index contributed by atoms with van der Waals surface area (Å²) in [6.07, 6.45) is 0. The normalized spacial score (nSPS) is 11.5. The molecule has 2 aromatic carbocycles. The molecular weight excluding hydrogens is 347 g/mol. The molecule has 0 spiro atoms. The summed E-state index contributed by atoms with van der Waals surface area (Å²) in [5, 5.41) is 9.27. The van der Waals surface area contributed by atoms with Crippen molar-refractivity contribution in [1.82, 2.24) is 5.16 Å². The van der Waals surface area contributed by atoms with Crippen LogP contribution in [0.3, 0.4) is 0 Å². The Morgan fingerprint density at radius 1 is 1.20 bits per heavy atom. The molecule has 6 nitrogen and oxygen atoms in total. The number of primary sulfonamides is 1. The Morgan fingerprint density at radius 2 is 1.92 bits per heavy atom. The second kappa shape index (κ2) is 6.30. The van der Waals surface area contributed by atoms with Gasteiger partial charge in [0.05, 0.1) is 17.6 Å². The first-order valence-electron chi connectivity index (χ1n) is 7.25. The third kappa shape index (κ3) is 3.13. The summed E-state index contributed by atoms with van der Waals surface area (Å²) in [4.78, 5) is -0.0588. The number of halogens is 1. The Morgan fingerprint density at radius 3 is 2.56 bits per heavy atom. The summed E-state index contributed by atoms with van der Waals surface area (Å²) in [7, 11) is -2.59. The van der Waals surface area contributed by atoms with E-state index in [4.69, 9.17) is 14.4 Å². The third-order valence-corrected chi connectivity index (χ3v) is 4.72. The lowest BCUT2D eigenvalue weighted by molar-refractivity contribution is 0.386. The molecule has 0 amide bonds. The molecule has 8 heteroatoms. The summed E-state index contributed by atoms with van der Waals surface area (Å²) in [5.74, 6) is -0.0795. The van der Waals surface area contributed by atoms with Gasteiger partial charge in [-0.05, 0) is 31.2 Å². The molecule has 2 N–H and O–H groups in total. The first-order valence-corrected chi connectivity index (χ1v) is 8.80. The smallest absolute Gasteiger partial charge is 0.238 e. The molecule has 0 saturated carbocycles. The highest BCUT2D eigenvalue weighted by Gasteiger charge is 2.23. The van der Waals surface area contributed by atoms with Crippen LogP contribution in [0.1, 0.15) is 5.76 Å². The predicted molar refractivity (Wildman–Crippen MR) is 90.0 cm³/mol. The Labute approximate surface area is 144 Å². The van der Waals surface area contributed by atoms with Gasteiger partial charge in [0.25, 0.3) is 0 Å². The molecule has 0 atom stereocenters. The average molecular weight is 362 g/mol. The van der Waals surface area contributed by atoms with E-state index < -0.39 is 15.8 Å². The van der Waals surface area contributed by atoms with Crippen molar-refractivity contribution >= 4 is 10.0 Å². The summed E-state index contributed by atoms with van der Waals surface area (Å²) < 4.78 is 48.0. The molecule has 1 aromatic heterocycles. The predicted octanol–water partition coefficient (Wildman–Crippen LogP) is 3.11. The minimum absolute atomic E-state index is 0.0588. The summed E-state index contributed by atoms with van der Waals surface area (Å²) in [6.45, 7) is 1.64. The molecule has 0 aliphatic heterocycles. The molecule has 25 heavy (non-hydrogen) atoms. The number of nitrogens with two attached hydrogens (primary N) is 1. The highest BCUT2D eigenvalue weighted by atomic mass is 32.2. The standard InChI is InChI=1S/C17H15FN2O4S/c1-10-16(12-5-3-4-6-15(12)25(19,21)22)17(20-24-10)11-7-8-14(23-2)13(18)9-11/h3-9H,1-2H3,(H2,19,21,22). The zero-order valence-electron chi connectivity index (χ0n) is 13.5. The van der Waals surface area contributed by atoms with Crippen molar-refractivity contribution in [1.29, 1.82) is 0 Å². The van der Waals surface area contributed by atoms with E-state index in [0.29, 0.717) is 28.1 Å². The minimum Gasteiger partial charge on any atom is -0.494 e. The van der Waals surface area contributed by atoms with E-state index in [-0.39, 0.29) is 10.6 Å². The minimum atomic E-state index is -3.96. The van der Waals surface area contributed by atoms with Gasteiger partial charge in [0.15, 0.2) is 11.6 Å². The molecule has 0 aliphatic rings. The van der Waals surface area contributed by atoms with Gasteiger partial charge in [0.1, 0.15) is 11.5 Å². The molecule has 0 radical (unpaired) electrons. The number of aromatic nitrogens is 1. The van der Waals surface area contributed by atoms with Crippen LogP contribution in [0.5, 0.6) is 5.75 Å². The lowest BCUT2D eigenvalue weighted by Crippen LogP contribution is -2.13. The van der Waals surface area contributed by atoms with Gasteiger partial charge in [-0.3, -0.25) is 0 Å². The van der Waals surface area contributed by atoms with Gasteiger partial charge in [0, 0.05) is 11.1 Å². The zero-order chi connectivity index (χ0) is 18.2. The van der Waals surface area contributed by atoms with E-state index in [1.165, 1.54) is 25.3 Å². The fourth-order valence-electron chi connectivity index (χ4n) is 2.62. The van der Waals surface area contributed by atoms with Gasteiger partial charge in [-0.2, -0.15) is 0 Å². The zero-order valence-corrected chi connectivity index (χ0v) is 14.3. The van der Waals surface area contributed by atoms with Gasteiger partial charge in [0.2, 0.25) is 10.0 Å². The van der Waals surface area contributed by atoms with Gasteiger partial charge < -0.3 is 9.26 Å². The molecule has 0 bridgehead atoms. The second-order valence-electron chi connectivity index (χ2n) is 5.35. The molecule has 0 fully saturated rings. The van der Waals surface area contributed by atoms with Crippen molar-refractivity contribution in [2.24, 2.45) is 5.14 Å². The SMILES string of the molecule is COc1ccc(-c2noc(C)c2-c2ccccc2S(N)(=O)=O)cc1F. The number of nitrogens with zero attached hydrogens (tertiary/aromatic N) is 1. The van der Waals surface area contributed by atoms with Gasteiger partial charge in [-0.25, -0.2) is 17.9 Å². The fourth-order valence-corrected chi connectivity index (χ4v) is 3.37. The highest BCUT2D eigenvalue weighted by Crippen LogP contribution is 2.38. The van der Waals surface area contributed by atoms with Crippen molar-refractivity contribution < 1.29 is 22.1 Å². The van der Waals surface area contributed by atoms with Crippen LogP contribution >= 0.6 is 0 Å². The van der Waals surface area contributed by atoms with E-state index in [2.05, 4.69) is 5.16 Å². The van der Waals surface area contributed by atoms with Crippen LogP contribution in [-0.2, 0) is 10.0 Å². The van der Waals surface area contributed by atoms with Crippen molar-refractivity contribution in [3.8, 4) is 28.1 Å². The number of hydrogen-bond donors (Lipinski definition) is 1. The topological polar surface area (TPSA) is 95.4 Å². The Kier molecular flexibility index (Phi) is 4.32. The molecule has 0 aliphatic carbocycles. The van der Waals surface area contributed by atoms with Crippen molar-refractivity contribution in [3.63, 3.8) is 0 Å². The Bertz CT molecular complexity index is 1040. The van der Waals surface area contributed by atoms with Crippen LogP contribution < -0.4 is 9.88 Å². The van der Waals surface area contributed by atoms with Crippen LogP contribution in [0.25, 0.3) is 22.4 Å². The summed E-state index contributed by atoms with van der Waals surface area (Å²) in [5.41, 5.74) is 1.52. The number of hydrogen-bond acceptors (Lipinski definition) is 5. The van der Waals surface area contributed by atoms with Crippen LogP contribution in [0.4, 0.5) is 4.39 Å². The van der Waals surface area contributed by atoms with E-state index >= 15 is 0 Å². The number of ether oxygens (including phenoxy) is 1. The molecule has 3 rings (SSSR count). The molecule has 3 aromatic rings. The van der Waals surface area contributed by atoms with E-state index in [9.17, 15) is 12.8 Å². The monoisotopic (exact) mass is 362 g/mol. The first-order chi connectivity index (χ1) is 11.8. The lowest BCUT2D eigenvalue weighted by Gasteiger charge is -2.09. The largest absolute Gasteiger partial charge is 0.494 e. The maximum Gasteiger partial charge on any atom is 0.238 e. The van der Waals surface area contributed by atoms with Gasteiger partial charge in [-0.1, -0.05) is 23.4 Å². The van der Waals surface area contributed by atoms with Crippen LogP contribution in [0, 0.1) is 12.7 Å². The first kappa shape index (κ1) is 17.1. The lowest BCUT2D eigenvalue weighted by atomic mass is 9.99. The summed E-state index contributed by atoms with van der Waals surface area (Å²) in [6, 6.07) is 10.6. The van der Waals surface area contributed by atoms with E-state index in [1.54, 1.807) is 31.2 Å². The van der Waals surface area contributed by atoms with Gasteiger partial charge >= 0.3 is 0 Å². The number of rotatable bonds is 4. The Hall–Kier alpha value is -2.71. The second-order valence-corrected chi connectivity index (χ2v) is 6.88. The Balaban J connectivity index is 2.25. The van der Waals surface area contributed by atoms with Crippen LogP contribution in [0.15, 0.2) is 51.9 Å². The fraction of sp³-hybridized carbons (Fsp3) is 0.118. The average Bonchev–Trinajstić information content (AvgIpc) is 2.95. The quantitative estimate of drug-likeness (QED) is 0.769. The molecule has 1 heterocycles. The molecule has 0 unspecified atom stereocenters. The van der Waals surface area contributed by atoms with Crippen molar-refractivity contribution in [3.05, 3.63) is 54.0 Å². The third-order valence-electron chi connectivity index (χ3n) is 3.75. The van der Waals surface area contributed by atoms with Crippen molar-refractivity contribution in [2.45, 2.75) is 11.8 Å². The maximum absolute atomic E-state index is 14.0. The van der Waals surface area contributed by atoms with Crippen LogP contribution in [0.2, 0.25) is 0 Å². The molecule has 130 valence electrons.